The molecule has 2 aromatic heterocycles. The van der Waals surface area contributed by atoms with E-state index in [-0.39, 0.29) is 17.7 Å². The van der Waals surface area contributed by atoms with Gasteiger partial charge >= 0.3 is 5.69 Å². The predicted molar refractivity (Wildman–Crippen MR) is 184 cm³/mol. The number of aromatic nitrogens is 2. The van der Waals surface area contributed by atoms with Crippen LogP contribution in [0.5, 0.6) is 5.75 Å². The predicted octanol–water partition coefficient (Wildman–Crippen LogP) is 5.85. The van der Waals surface area contributed by atoms with Crippen molar-refractivity contribution in [3.8, 4) is 5.75 Å². The van der Waals surface area contributed by atoms with Gasteiger partial charge in [-0.3, -0.25) is 9.20 Å². The summed E-state index contributed by atoms with van der Waals surface area (Å²) in [5.74, 6) is 0.479. The molecule has 6 rings (SSSR count). The van der Waals surface area contributed by atoms with Crippen LogP contribution >= 0.6 is 0 Å². The number of carbonyl (C=O) groups excluding carboxylic acids is 1. The van der Waals surface area contributed by atoms with Crippen LogP contribution in [0.2, 0.25) is 0 Å². The van der Waals surface area contributed by atoms with Crippen LogP contribution in [0.4, 0.5) is 5.82 Å². The van der Waals surface area contributed by atoms with E-state index in [1.54, 1.807) is 9.30 Å². The smallest absolute Gasteiger partial charge is 0.354 e. The van der Waals surface area contributed by atoms with Gasteiger partial charge in [0.15, 0.2) is 0 Å². The molecule has 45 heavy (non-hydrogen) atoms. The van der Waals surface area contributed by atoms with Gasteiger partial charge in [-0.1, -0.05) is 43.8 Å². The monoisotopic (exact) mass is 603 g/mol. The number of amides is 1. The van der Waals surface area contributed by atoms with E-state index in [4.69, 9.17) is 4.98 Å². The Morgan fingerprint density at radius 1 is 1.04 bits per heavy atom. The molecule has 0 spiro atoms. The number of hydrogen-bond donors (Lipinski definition) is 2. The molecule has 2 bridgehead atoms. The zero-order valence-electron chi connectivity index (χ0n) is 27.0. The average Bonchev–Trinajstić information content (AvgIpc) is 3.02. The van der Waals surface area contributed by atoms with Gasteiger partial charge in [-0.25, -0.2) is 4.79 Å². The molecule has 0 saturated carbocycles. The van der Waals surface area contributed by atoms with Crippen molar-refractivity contribution < 1.29 is 9.90 Å². The highest BCUT2D eigenvalue weighted by molar-refractivity contribution is 6.11. The molecule has 1 saturated heterocycles. The second-order valence-electron chi connectivity index (χ2n) is 12.3. The molecule has 1 aliphatic heterocycles. The molecule has 0 radical (unpaired) electrons. The van der Waals surface area contributed by atoms with Crippen molar-refractivity contribution in [2.45, 2.75) is 53.6 Å². The van der Waals surface area contributed by atoms with Crippen molar-refractivity contribution >= 4 is 49.7 Å². The summed E-state index contributed by atoms with van der Waals surface area (Å²) in [5.41, 5.74) is 5.92. The fraction of sp³-hybridized carbons (Fsp3) is 0.324. The Hall–Kier alpha value is -4.69. The fourth-order valence-electron chi connectivity index (χ4n) is 7.08. The third-order valence-corrected chi connectivity index (χ3v) is 9.44. The minimum Gasteiger partial charge on any atom is -0.505 e. The van der Waals surface area contributed by atoms with Crippen LogP contribution in [0, 0.1) is 20.8 Å². The van der Waals surface area contributed by atoms with Gasteiger partial charge in [0.2, 0.25) is 5.91 Å². The summed E-state index contributed by atoms with van der Waals surface area (Å²) in [6.07, 6.45) is 2.03. The first-order valence-electron chi connectivity index (χ1n) is 15.7. The lowest BCUT2D eigenvalue weighted by atomic mass is 9.94. The molecule has 0 aliphatic carbocycles. The number of phenolic OH excluding ortho intramolecular Hbond substituents is 1. The van der Waals surface area contributed by atoms with Crippen LogP contribution in [0.15, 0.2) is 59.9 Å². The summed E-state index contributed by atoms with van der Waals surface area (Å²) in [4.78, 5) is 35.4. The number of carbonyl (C=O) groups is 1. The lowest BCUT2D eigenvalue weighted by Gasteiger charge is -2.40. The van der Waals surface area contributed by atoms with E-state index in [1.165, 1.54) is 6.08 Å². The van der Waals surface area contributed by atoms with Crippen LogP contribution in [0.25, 0.3) is 38.0 Å². The van der Waals surface area contributed by atoms with E-state index in [2.05, 4.69) is 80.0 Å². The van der Waals surface area contributed by atoms with Crippen molar-refractivity contribution in [1.29, 1.82) is 0 Å². The molecule has 0 unspecified atom stereocenters. The summed E-state index contributed by atoms with van der Waals surface area (Å²) < 4.78 is 1.62. The van der Waals surface area contributed by atoms with Crippen molar-refractivity contribution in [3.63, 3.8) is 0 Å². The minimum atomic E-state index is -0.452. The Labute approximate surface area is 263 Å². The number of hydrogen-bond acceptors (Lipinski definition) is 6. The highest BCUT2D eigenvalue weighted by Gasteiger charge is 2.30. The van der Waals surface area contributed by atoms with Crippen LogP contribution < -0.4 is 15.9 Å². The number of aromatic hydroxyl groups is 1. The molecule has 8 heteroatoms. The molecule has 232 valence electrons. The maximum absolute atomic E-state index is 14.4. The zero-order chi connectivity index (χ0) is 32.2. The van der Waals surface area contributed by atoms with Gasteiger partial charge < -0.3 is 20.2 Å². The molecule has 5 aromatic rings. The molecule has 1 aliphatic rings. The van der Waals surface area contributed by atoms with Gasteiger partial charge in [-0.15, -0.1) is 0 Å². The first-order chi connectivity index (χ1) is 21.6. The van der Waals surface area contributed by atoms with Crippen molar-refractivity contribution in [2.24, 2.45) is 0 Å². The third-order valence-electron chi connectivity index (χ3n) is 9.44. The number of aryl methyl sites for hydroxylation is 4. The van der Waals surface area contributed by atoms with E-state index in [9.17, 15) is 14.7 Å². The highest BCUT2D eigenvalue weighted by atomic mass is 16.3. The molecule has 3 heterocycles. The molecule has 1 amide bonds. The second kappa shape index (κ2) is 11.7. The number of rotatable bonds is 5. The van der Waals surface area contributed by atoms with E-state index in [0.717, 1.165) is 54.9 Å². The molecule has 1 atom stereocenters. The number of nitrogens with zero attached hydrogens (tertiary/aromatic N) is 4. The number of benzene rings is 3. The number of anilines is 1. The van der Waals surface area contributed by atoms with E-state index < -0.39 is 5.69 Å². The minimum absolute atomic E-state index is 0.0661. The molecule has 8 nitrogen and oxygen atoms in total. The Morgan fingerprint density at radius 3 is 2.47 bits per heavy atom. The number of piperazine rings is 1. The van der Waals surface area contributed by atoms with E-state index >= 15 is 0 Å². The molecule has 3 aromatic carbocycles. The maximum atomic E-state index is 14.4. The quantitative estimate of drug-likeness (QED) is 0.245. The SMILES string of the molecule is C=CC(=O)N1CCN(c2nc(=O)n3c4c(CC)cc(CNC)cc4ccc4ccc(C)c(C)c4c4c(C)cc2c3c4O)[C@@H](C)C1. The van der Waals surface area contributed by atoms with E-state index in [1.807, 2.05) is 20.9 Å². The second-order valence-corrected chi connectivity index (χ2v) is 12.3. The van der Waals surface area contributed by atoms with Crippen molar-refractivity contribution in [3.05, 3.63) is 93.4 Å². The average molecular weight is 604 g/mol. The summed E-state index contributed by atoms with van der Waals surface area (Å²) in [6.45, 7) is 16.1. The van der Waals surface area contributed by atoms with Crippen LogP contribution in [-0.4, -0.2) is 58.0 Å². The van der Waals surface area contributed by atoms with Gasteiger partial charge in [0.05, 0.1) is 5.52 Å². The summed E-state index contributed by atoms with van der Waals surface area (Å²) in [5, 5.41) is 20.0. The summed E-state index contributed by atoms with van der Waals surface area (Å²) in [6, 6.07) is 14.6. The number of nitrogens with one attached hydrogen (secondary N) is 1. The lowest BCUT2D eigenvalue weighted by Crippen LogP contribution is -2.54. The highest BCUT2D eigenvalue weighted by Crippen LogP contribution is 2.41. The van der Waals surface area contributed by atoms with E-state index in [0.29, 0.717) is 49.3 Å². The first kappa shape index (κ1) is 30.3. The maximum Gasteiger partial charge on any atom is 0.354 e. The Morgan fingerprint density at radius 2 is 1.78 bits per heavy atom. The number of phenols is 1. The normalized spacial score (nSPS) is 15.4. The van der Waals surface area contributed by atoms with Gasteiger partial charge in [0.1, 0.15) is 17.1 Å². The summed E-state index contributed by atoms with van der Waals surface area (Å²) in [7, 11) is 1.92. The van der Waals surface area contributed by atoms with Crippen molar-refractivity contribution in [2.75, 3.05) is 31.6 Å². The standard InChI is InChI=1S/C37H41N5O3/c1-8-26-17-25(19-38-7)18-28-13-12-27-11-10-21(3)24(6)32(27)31-22(4)16-29-34(35(31)44)42(33(26)28)37(45)39-36(29)41-15-14-40(20-23(41)5)30(43)9-2/h9-13,16-18,23,38,44H,2,8,14-15,19-20H2,1,3-7H3/t23-/m0/s1. The third kappa shape index (κ3) is 4.93. The number of fused-ring (bicyclic) bond motifs is 5. The molecule has 1 fully saturated rings. The van der Waals surface area contributed by atoms with Crippen LogP contribution in [0.1, 0.15) is 41.7 Å². The van der Waals surface area contributed by atoms with Crippen LogP contribution in [0.3, 0.4) is 0 Å². The Kier molecular flexibility index (Phi) is 7.87. The van der Waals surface area contributed by atoms with Gasteiger partial charge in [-0.2, -0.15) is 4.98 Å². The summed E-state index contributed by atoms with van der Waals surface area (Å²) >= 11 is 0. The Bertz CT molecular complexity index is 2130. The Balaban J connectivity index is 1.84. The fourth-order valence-corrected chi connectivity index (χ4v) is 7.08. The molecule has 2 N–H and O–H groups in total. The lowest BCUT2D eigenvalue weighted by molar-refractivity contribution is -0.126. The van der Waals surface area contributed by atoms with Gasteiger partial charge in [0, 0.05) is 43.0 Å². The zero-order valence-corrected chi connectivity index (χ0v) is 27.0. The first-order valence-corrected chi connectivity index (χ1v) is 15.7. The van der Waals surface area contributed by atoms with Crippen LogP contribution in [-0.2, 0) is 17.8 Å². The van der Waals surface area contributed by atoms with Crippen molar-refractivity contribution in [1.82, 2.24) is 19.6 Å². The van der Waals surface area contributed by atoms with Gasteiger partial charge in [-0.05, 0) is 103 Å². The van der Waals surface area contributed by atoms with Gasteiger partial charge in [0.25, 0.3) is 0 Å². The molecular weight excluding hydrogens is 562 g/mol. The topological polar surface area (TPSA) is 90.2 Å². The molecular formula is C37H41N5O3. The largest absolute Gasteiger partial charge is 0.505 e.